The summed E-state index contributed by atoms with van der Waals surface area (Å²) in [5.74, 6) is -0.245. The molecule has 0 bridgehead atoms. The van der Waals surface area contributed by atoms with Crippen LogP contribution in [0.3, 0.4) is 0 Å². The number of benzene rings is 1. The number of amides is 2. The third kappa shape index (κ3) is 3.75. The molecular weight excluding hydrogens is 272 g/mol. The van der Waals surface area contributed by atoms with Gasteiger partial charge in [0.25, 0.3) is 5.91 Å². The summed E-state index contributed by atoms with van der Waals surface area (Å²) in [6.07, 6.45) is 2.04. The van der Waals surface area contributed by atoms with Gasteiger partial charge < -0.3 is 15.7 Å². The molecule has 0 saturated carbocycles. The Bertz CT molecular complexity index is 656. The molecule has 3 N–H and O–H groups in total. The fourth-order valence-corrected chi connectivity index (χ4v) is 1.74. The summed E-state index contributed by atoms with van der Waals surface area (Å²) < 4.78 is 0. The molecule has 0 fully saturated rings. The lowest BCUT2D eigenvalue weighted by atomic mass is 10.1. The Balaban J connectivity index is 2.19. The van der Waals surface area contributed by atoms with Crippen LogP contribution >= 0.6 is 0 Å². The van der Waals surface area contributed by atoms with Gasteiger partial charge in [-0.1, -0.05) is 18.2 Å². The van der Waals surface area contributed by atoms with Crippen LogP contribution in [-0.2, 0) is 6.54 Å². The summed E-state index contributed by atoms with van der Waals surface area (Å²) in [5.41, 5.74) is 2.42. The van der Waals surface area contributed by atoms with Crippen molar-refractivity contribution in [1.29, 1.82) is 0 Å². The van der Waals surface area contributed by atoms with Crippen LogP contribution < -0.4 is 10.6 Å². The Hall–Kier alpha value is -2.96. The van der Waals surface area contributed by atoms with E-state index in [1.54, 1.807) is 12.4 Å². The van der Waals surface area contributed by atoms with Gasteiger partial charge in [-0.2, -0.15) is 0 Å². The molecule has 21 heavy (non-hydrogen) atoms. The molecule has 1 aromatic heterocycles. The van der Waals surface area contributed by atoms with Crippen molar-refractivity contribution in [3.8, 4) is 11.1 Å². The second-order valence-electron chi connectivity index (χ2n) is 4.23. The first-order chi connectivity index (χ1) is 10.1. The zero-order valence-corrected chi connectivity index (χ0v) is 11.3. The number of nitrogens with one attached hydrogen (secondary N) is 2. The fraction of sp³-hybridized carbons (Fsp3) is 0.143. The van der Waals surface area contributed by atoms with Gasteiger partial charge in [0.2, 0.25) is 5.82 Å². The van der Waals surface area contributed by atoms with Crippen LogP contribution in [0.25, 0.3) is 11.1 Å². The summed E-state index contributed by atoms with van der Waals surface area (Å²) in [4.78, 5) is 29.8. The van der Waals surface area contributed by atoms with E-state index in [1.165, 1.54) is 7.05 Å². The maximum atomic E-state index is 11.4. The van der Waals surface area contributed by atoms with Gasteiger partial charge in [-0.25, -0.2) is 14.8 Å². The second kappa shape index (κ2) is 6.47. The Morgan fingerprint density at radius 1 is 1.19 bits per heavy atom. The lowest BCUT2D eigenvalue weighted by Gasteiger charge is -2.06. The van der Waals surface area contributed by atoms with E-state index in [4.69, 9.17) is 5.11 Å². The highest BCUT2D eigenvalue weighted by Crippen LogP contribution is 2.18. The van der Waals surface area contributed by atoms with Crippen LogP contribution in [0.15, 0.2) is 36.7 Å². The Morgan fingerprint density at radius 2 is 1.90 bits per heavy atom. The van der Waals surface area contributed by atoms with E-state index in [0.29, 0.717) is 0 Å². The van der Waals surface area contributed by atoms with Gasteiger partial charge in [-0.3, -0.25) is 4.79 Å². The van der Waals surface area contributed by atoms with Crippen LogP contribution in [0.2, 0.25) is 0 Å². The summed E-state index contributed by atoms with van der Waals surface area (Å²) in [6, 6.07) is 7.34. The van der Waals surface area contributed by atoms with E-state index in [-0.39, 0.29) is 18.3 Å². The van der Waals surface area contributed by atoms with Gasteiger partial charge >= 0.3 is 6.09 Å². The lowest BCUT2D eigenvalue weighted by molar-refractivity contribution is 0.0952. The van der Waals surface area contributed by atoms with Crippen LogP contribution in [0, 0.1) is 0 Å². The van der Waals surface area contributed by atoms with Crippen molar-refractivity contribution >= 4 is 12.0 Å². The average Bonchev–Trinajstić information content (AvgIpc) is 2.52. The van der Waals surface area contributed by atoms with Crippen molar-refractivity contribution in [3.63, 3.8) is 0 Å². The lowest BCUT2D eigenvalue weighted by Crippen LogP contribution is -2.20. The van der Waals surface area contributed by atoms with Gasteiger partial charge in [0, 0.05) is 31.5 Å². The average molecular weight is 286 g/mol. The highest BCUT2D eigenvalue weighted by molar-refractivity contribution is 5.90. The molecule has 0 aliphatic heterocycles. The third-order valence-corrected chi connectivity index (χ3v) is 2.79. The zero-order chi connectivity index (χ0) is 15.2. The van der Waals surface area contributed by atoms with Crippen LogP contribution in [0.1, 0.15) is 16.2 Å². The minimum atomic E-state index is -1.07. The van der Waals surface area contributed by atoms with E-state index >= 15 is 0 Å². The molecular formula is C14H14N4O3. The van der Waals surface area contributed by atoms with E-state index in [9.17, 15) is 9.59 Å². The summed E-state index contributed by atoms with van der Waals surface area (Å²) >= 11 is 0. The zero-order valence-electron chi connectivity index (χ0n) is 11.3. The molecule has 7 nitrogen and oxygen atoms in total. The number of nitrogens with zero attached hydrogens (tertiary/aromatic N) is 2. The van der Waals surface area contributed by atoms with Gasteiger partial charge in [0.15, 0.2) is 0 Å². The van der Waals surface area contributed by atoms with E-state index in [2.05, 4.69) is 20.6 Å². The molecule has 0 saturated heterocycles. The van der Waals surface area contributed by atoms with Gasteiger partial charge in [0.05, 0.1) is 0 Å². The molecule has 2 amide bonds. The van der Waals surface area contributed by atoms with Crippen molar-refractivity contribution in [3.05, 3.63) is 48.0 Å². The number of aromatic nitrogens is 2. The van der Waals surface area contributed by atoms with E-state index in [0.717, 1.165) is 16.7 Å². The second-order valence-corrected chi connectivity index (χ2v) is 4.23. The van der Waals surface area contributed by atoms with Crippen molar-refractivity contribution in [2.75, 3.05) is 7.05 Å². The molecule has 7 heteroatoms. The molecule has 0 unspecified atom stereocenters. The first-order valence-electron chi connectivity index (χ1n) is 6.20. The van der Waals surface area contributed by atoms with E-state index in [1.807, 2.05) is 24.3 Å². The van der Waals surface area contributed by atoms with Crippen LogP contribution in [0.4, 0.5) is 4.79 Å². The smallest absolute Gasteiger partial charge is 0.404 e. The first kappa shape index (κ1) is 14.4. The molecule has 2 aromatic rings. The molecule has 0 atom stereocenters. The molecule has 1 aromatic carbocycles. The quantitative estimate of drug-likeness (QED) is 0.785. The maximum absolute atomic E-state index is 11.4. The maximum Gasteiger partial charge on any atom is 0.404 e. The van der Waals surface area contributed by atoms with Crippen molar-refractivity contribution in [2.45, 2.75) is 6.54 Å². The van der Waals surface area contributed by atoms with Gasteiger partial charge in [-0.15, -0.1) is 0 Å². The summed E-state index contributed by atoms with van der Waals surface area (Å²) in [6.45, 7) is 0.223. The molecule has 0 radical (unpaired) electrons. The fourth-order valence-electron chi connectivity index (χ4n) is 1.74. The molecule has 0 aliphatic carbocycles. The predicted octanol–water partition coefficient (Wildman–Crippen LogP) is 1.27. The molecule has 108 valence electrons. The van der Waals surface area contributed by atoms with E-state index < -0.39 is 6.09 Å². The standard InChI is InChI=1S/C14H14N4O3/c1-15-13(19)12-16-7-11(8-17-12)10-4-2-3-9(5-10)6-18-14(20)21/h2-5,7-8,18H,6H2,1H3,(H,15,19)(H,20,21). The van der Waals surface area contributed by atoms with Gasteiger partial charge in [-0.05, 0) is 17.2 Å². The number of carboxylic acid groups (broad SMARTS) is 1. The first-order valence-corrected chi connectivity index (χ1v) is 6.20. The van der Waals surface area contributed by atoms with Crippen molar-refractivity contribution in [1.82, 2.24) is 20.6 Å². The Morgan fingerprint density at radius 3 is 2.52 bits per heavy atom. The Labute approximate surface area is 121 Å². The van der Waals surface area contributed by atoms with Crippen LogP contribution in [-0.4, -0.2) is 34.1 Å². The molecule has 2 rings (SSSR count). The summed E-state index contributed by atoms with van der Waals surface area (Å²) in [7, 11) is 1.51. The van der Waals surface area contributed by atoms with Crippen LogP contribution in [0.5, 0.6) is 0 Å². The summed E-state index contributed by atoms with van der Waals surface area (Å²) in [5, 5.41) is 13.4. The molecule has 1 heterocycles. The highest BCUT2D eigenvalue weighted by Gasteiger charge is 2.07. The number of hydrogen-bond donors (Lipinski definition) is 3. The van der Waals surface area contributed by atoms with Crippen molar-refractivity contribution in [2.24, 2.45) is 0 Å². The Kier molecular flexibility index (Phi) is 4.45. The normalized spacial score (nSPS) is 9.95. The SMILES string of the molecule is CNC(=O)c1ncc(-c2cccc(CNC(=O)O)c2)cn1. The highest BCUT2D eigenvalue weighted by atomic mass is 16.4. The third-order valence-electron chi connectivity index (χ3n) is 2.79. The number of carbonyl (C=O) groups excluding carboxylic acids is 1. The van der Waals surface area contributed by atoms with Crippen molar-refractivity contribution < 1.29 is 14.7 Å². The molecule has 0 aliphatic rings. The molecule has 0 spiro atoms. The topological polar surface area (TPSA) is 104 Å². The number of carbonyl (C=O) groups is 2. The minimum absolute atomic E-state index is 0.102. The number of rotatable bonds is 4. The minimum Gasteiger partial charge on any atom is -0.465 e. The largest absolute Gasteiger partial charge is 0.465 e. The monoisotopic (exact) mass is 286 g/mol. The number of hydrogen-bond acceptors (Lipinski definition) is 4. The predicted molar refractivity (Wildman–Crippen MR) is 75.7 cm³/mol. The van der Waals surface area contributed by atoms with Gasteiger partial charge in [0.1, 0.15) is 0 Å².